The summed E-state index contributed by atoms with van der Waals surface area (Å²) in [5, 5.41) is 0.887. The van der Waals surface area contributed by atoms with Crippen molar-refractivity contribution in [1.82, 2.24) is 9.36 Å². The summed E-state index contributed by atoms with van der Waals surface area (Å²) in [6.45, 7) is 7.03. The van der Waals surface area contributed by atoms with E-state index < -0.39 is 9.84 Å². The fourth-order valence-electron chi connectivity index (χ4n) is 0.642. The Morgan fingerprint density at radius 2 is 2.15 bits per heavy atom. The van der Waals surface area contributed by atoms with Crippen LogP contribution in [0.5, 0.6) is 0 Å². The minimum atomic E-state index is -3.40. The van der Waals surface area contributed by atoms with Gasteiger partial charge in [-0.3, -0.25) is 0 Å². The Bertz CT molecular complexity index is 406. The molecule has 0 aromatic carbocycles. The maximum atomic E-state index is 11.2. The molecule has 0 bridgehead atoms. The van der Waals surface area contributed by atoms with Gasteiger partial charge in [0.1, 0.15) is 5.82 Å². The fourth-order valence-corrected chi connectivity index (χ4v) is 2.29. The predicted octanol–water partition coefficient (Wildman–Crippen LogP) is 1.58. The summed E-state index contributed by atoms with van der Waals surface area (Å²) in [5.41, 5.74) is 0. The second-order valence-corrected chi connectivity index (χ2v) is 5.61. The SMILES string of the molecule is C=CS(=O)(=O)c1nc(C(C)C)ns1. The van der Waals surface area contributed by atoms with Crippen LogP contribution < -0.4 is 0 Å². The van der Waals surface area contributed by atoms with Crippen molar-refractivity contribution >= 4 is 21.4 Å². The number of hydrogen-bond acceptors (Lipinski definition) is 5. The minimum absolute atomic E-state index is 0.0196. The highest BCUT2D eigenvalue weighted by Crippen LogP contribution is 2.18. The van der Waals surface area contributed by atoms with Gasteiger partial charge >= 0.3 is 0 Å². The molecular formula is C7H10N2O2S2. The second kappa shape index (κ2) is 3.55. The standard InChI is InChI=1S/C7H10N2O2S2/c1-4-13(10,11)7-8-6(5(2)3)9-12-7/h4-5H,1H2,2-3H3. The van der Waals surface area contributed by atoms with E-state index in [0.717, 1.165) is 16.9 Å². The summed E-state index contributed by atoms with van der Waals surface area (Å²) < 4.78 is 26.4. The normalized spacial score (nSPS) is 11.9. The van der Waals surface area contributed by atoms with Gasteiger partial charge in [0.15, 0.2) is 0 Å². The average molecular weight is 218 g/mol. The highest BCUT2D eigenvalue weighted by molar-refractivity contribution is 7.95. The maximum absolute atomic E-state index is 11.2. The first kappa shape index (κ1) is 10.3. The number of nitrogens with zero attached hydrogens (tertiary/aromatic N) is 2. The van der Waals surface area contributed by atoms with Crippen molar-refractivity contribution in [2.75, 3.05) is 0 Å². The Labute approximate surface area is 81.4 Å². The molecule has 0 radical (unpaired) electrons. The van der Waals surface area contributed by atoms with Gasteiger partial charge in [-0.1, -0.05) is 20.4 Å². The van der Waals surface area contributed by atoms with Gasteiger partial charge < -0.3 is 0 Å². The molecule has 1 rings (SSSR count). The van der Waals surface area contributed by atoms with Gasteiger partial charge in [-0.2, -0.15) is 4.37 Å². The average Bonchev–Trinajstić information content (AvgIpc) is 2.52. The molecule has 1 aromatic rings. The van der Waals surface area contributed by atoms with Crippen molar-refractivity contribution in [3.63, 3.8) is 0 Å². The van der Waals surface area contributed by atoms with E-state index in [4.69, 9.17) is 0 Å². The van der Waals surface area contributed by atoms with Gasteiger partial charge in [0.05, 0.1) is 0 Å². The first-order valence-electron chi connectivity index (χ1n) is 3.68. The van der Waals surface area contributed by atoms with E-state index in [-0.39, 0.29) is 10.3 Å². The van der Waals surface area contributed by atoms with E-state index in [1.807, 2.05) is 13.8 Å². The van der Waals surface area contributed by atoms with Crippen LogP contribution in [0.4, 0.5) is 0 Å². The van der Waals surface area contributed by atoms with Gasteiger partial charge in [-0.05, 0) is 11.5 Å². The third-order valence-corrected chi connectivity index (χ3v) is 3.87. The molecule has 0 N–H and O–H groups in total. The maximum Gasteiger partial charge on any atom is 0.233 e. The Balaban J connectivity index is 3.13. The molecule has 0 saturated heterocycles. The molecule has 0 spiro atoms. The second-order valence-electron chi connectivity index (χ2n) is 2.78. The quantitative estimate of drug-likeness (QED) is 0.772. The van der Waals surface area contributed by atoms with Crippen molar-refractivity contribution in [3.05, 3.63) is 17.8 Å². The molecule has 0 amide bonds. The summed E-state index contributed by atoms with van der Waals surface area (Å²) in [5.74, 6) is 0.704. The number of hydrogen-bond donors (Lipinski definition) is 0. The Kier molecular flexibility index (Phi) is 2.82. The van der Waals surface area contributed by atoms with Crippen molar-refractivity contribution < 1.29 is 8.42 Å². The van der Waals surface area contributed by atoms with Gasteiger partial charge in [-0.15, -0.1) is 0 Å². The third-order valence-electron chi connectivity index (χ3n) is 1.40. The van der Waals surface area contributed by atoms with E-state index in [0.29, 0.717) is 5.82 Å². The molecule has 0 unspecified atom stereocenters. The summed E-state index contributed by atoms with van der Waals surface area (Å²) in [6.07, 6.45) is 0. The molecule has 1 aromatic heterocycles. The number of sulfone groups is 1. The molecule has 0 saturated carbocycles. The molecule has 0 fully saturated rings. The molecule has 0 aliphatic heterocycles. The molecule has 0 aliphatic carbocycles. The van der Waals surface area contributed by atoms with E-state index in [2.05, 4.69) is 15.9 Å². The molecule has 72 valence electrons. The lowest BCUT2D eigenvalue weighted by atomic mass is 10.2. The minimum Gasteiger partial charge on any atom is -0.217 e. The molecule has 4 nitrogen and oxygen atoms in total. The van der Waals surface area contributed by atoms with Crippen LogP contribution in [-0.4, -0.2) is 17.8 Å². The zero-order valence-corrected chi connectivity index (χ0v) is 9.02. The molecule has 0 aliphatic rings. The summed E-state index contributed by atoms with van der Waals surface area (Å²) in [7, 11) is -3.40. The molecule has 6 heteroatoms. The van der Waals surface area contributed by atoms with Crippen LogP contribution in [0, 0.1) is 0 Å². The lowest BCUT2D eigenvalue weighted by molar-refractivity contribution is 0.603. The van der Waals surface area contributed by atoms with Crippen molar-refractivity contribution in [3.8, 4) is 0 Å². The fraction of sp³-hybridized carbons (Fsp3) is 0.429. The van der Waals surface area contributed by atoms with E-state index in [1.54, 1.807) is 0 Å². The van der Waals surface area contributed by atoms with Gasteiger partial charge in [-0.25, -0.2) is 13.4 Å². The highest BCUT2D eigenvalue weighted by Gasteiger charge is 2.17. The van der Waals surface area contributed by atoms with Gasteiger partial charge in [0, 0.05) is 11.3 Å². The Morgan fingerprint density at radius 1 is 1.54 bits per heavy atom. The first-order chi connectivity index (χ1) is 5.97. The smallest absolute Gasteiger partial charge is 0.217 e. The van der Waals surface area contributed by atoms with Crippen LogP contribution in [-0.2, 0) is 9.84 Å². The third kappa shape index (κ3) is 2.13. The van der Waals surface area contributed by atoms with Crippen molar-refractivity contribution in [2.24, 2.45) is 0 Å². The zero-order chi connectivity index (χ0) is 10.1. The topological polar surface area (TPSA) is 59.9 Å². The summed E-state index contributed by atoms with van der Waals surface area (Å²) >= 11 is 0.889. The van der Waals surface area contributed by atoms with E-state index in [9.17, 15) is 8.42 Å². The summed E-state index contributed by atoms with van der Waals surface area (Å²) in [4.78, 5) is 3.90. The Hall–Kier alpha value is -0.750. The van der Waals surface area contributed by atoms with Crippen LogP contribution >= 0.6 is 11.5 Å². The molecule has 0 atom stereocenters. The van der Waals surface area contributed by atoms with Crippen LogP contribution in [0.3, 0.4) is 0 Å². The van der Waals surface area contributed by atoms with Crippen LogP contribution in [0.2, 0.25) is 0 Å². The van der Waals surface area contributed by atoms with E-state index >= 15 is 0 Å². The van der Waals surface area contributed by atoms with Crippen LogP contribution in [0.15, 0.2) is 16.3 Å². The zero-order valence-electron chi connectivity index (χ0n) is 7.39. The lowest BCUT2D eigenvalue weighted by Gasteiger charge is -1.94. The first-order valence-corrected chi connectivity index (χ1v) is 6.00. The van der Waals surface area contributed by atoms with Crippen molar-refractivity contribution in [2.45, 2.75) is 24.1 Å². The highest BCUT2D eigenvalue weighted by atomic mass is 32.2. The van der Waals surface area contributed by atoms with Crippen molar-refractivity contribution in [1.29, 1.82) is 0 Å². The number of aromatic nitrogens is 2. The van der Waals surface area contributed by atoms with Crippen LogP contribution in [0.25, 0.3) is 0 Å². The van der Waals surface area contributed by atoms with Gasteiger partial charge in [0.2, 0.25) is 14.2 Å². The van der Waals surface area contributed by atoms with Gasteiger partial charge in [0.25, 0.3) is 0 Å². The van der Waals surface area contributed by atoms with E-state index in [1.165, 1.54) is 0 Å². The molecule has 13 heavy (non-hydrogen) atoms. The molecular weight excluding hydrogens is 208 g/mol. The number of rotatable bonds is 3. The summed E-state index contributed by atoms with van der Waals surface area (Å²) in [6, 6.07) is 0. The molecule has 1 heterocycles. The Morgan fingerprint density at radius 3 is 2.54 bits per heavy atom. The largest absolute Gasteiger partial charge is 0.233 e. The predicted molar refractivity (Wildman–Crippen MR) is 51.4 cm³/mol. The van der Waals surface area contributed by atoms with Crippen LogP contribution in [0.1, 0.15) is 25.6 Å². The lowest BCUT2D eigenvalue weighted by Crippen LogP contribution is -1.96. The monoisotopic (exact) mass is 218 g/mol.